The van der Waals surface area contributed by atoms with Gasteiger partial charge in [-0.15, -0.1) is 0 Å². The van der Waals surface area contributed by atoms with Gasteiger partial charge in [0.15, 0.2) is 5.78 Å². The molecule has 1 aliphatic rings. The van der Waals surface area contributed by atoms with Crippen molar-refractivity contribution in [1.29, 1.82) is 0 Å². The second kappa shape index (κ2) is 14.7. The minimum absolute atomic E-state index is 0.0952. The van der Waals surface area contributed by atoms with E-state index >= 15 is 0 Å². The average molecular weight is 555 g/mol. The van der Waals surface area contributed by atoms with Crippen molar-refractivity contribution in [1.82, 2.24) is 20.9 Å². The van der Waals surface area contributed by atoms with Gasteiger partial charge in [-0.2, -0.15) is 0 Å². The van der Waals surface area contributed by atoms with E-state index < -0.39 is 53.6 Å². The van der Waals surface area contributed by atoms with E-state index in [-0.39, 0.29) is 36.1 Å². The largest absolute Gasteiger partial charge is 0.391 e. The molecule has 39 heavy (non-hydrogen) atoms. The minimum atomic E-state index is -1.36. The highest BCUT2D eigenvalue weighted by atomic mass is 16.6. The van der Waals surface area contributed by atoms with Crippen LogP contribution in [0.25, 0.3) is 0 Å². The number of nitrogens with zero attached hydrogens (tertiary/aromatic N) is 1. The maximum absolute atomic E-state index is 13.4. The molecule has 1 fully saturated rings. The summed E-state index contributed by atoms with van der Waals surface area (Å²) in [6.07, 6.45) is 0.280. The van der Waals surface area contributed by atoms with Crippen LogP contribution in [0.15, 0.2) is 0 Å². The monoisotopic (exact) mass is 554 g/mol. The Labute approximate surface area is 233 Å². The lowest BCUT2D eigenvalue weighted by Crippen LogP contribution is -2.62. The van der Waals surface area contributed by atoms with Crippen molar-refractivity contribution in [3.63, 3.8) is 0 Å². The van der Waals surface area contributed by atoms with Gasteiger partial charge >= 0.3 is 0 Å². The number of nitrogens with one attached hydrogen (secondary N) is 3. The number of ether oxygens (including phenoxy) is 1. The lowest BCUT2D eigenvalue weighted by molar-refractivity contribution is -0.141. The summed E-state index contributed by atoms with van der Waals surface area (Å²) in [5.41, 5.74) is -0.943. The van der Waals surface area contributed by atoms with E-state index in [1.165, 1.54) is 18.7 Å². The van der Waals surface area contributed by atoms with Gasteiger partial charge in [0.05, 0.1) is 18.8 Å². The number of ketones is 1. The van der Waals surface area contributed by atoms with Gasteiger partial charge in [0.2, 0.25) is 23.6 Å². The first-order valence-corrected chi connectivity index (χ1v) is 14.0. The number of carbonyl (C=O) groups excluding carboxylic acids is 5. The number of rotatable bonds is 16. The lowest BCUT2D eigenvalue weighted by Gasteiger charge is -2.34. The molecular formula is C28H50N4O7. The van der Waals surface area contributed by atoms with Gasteiger partial charge in [-0.1, -0.05) is 54.4 Å². The Morgan fingerprint density at radius 1 is 0.872 bits per heavy atom. The molecule has 0 aliphatic carbocycles. The molecule has 0 bridgehead atoms. The second-order valence-corrected chi connectivity index (χ2v) is 11.6. The molecule has 0 aromatic heterocycles. The Morgan fingerprint density at radius 2 is 1.36 bits per heavy atom. The van der Waals surface area contributed by atoms with Crippen molar-refractivity contribution >= 4 is 29.4 Å². The first-order chi connectivity index (χ1) is 18.0. The van der Waals surface area contributed by atoms with Crippen molar-refractivity contribution in [3.8, 4) is 0 Å². The fraction of sp³-hybridized carbons (Fsp3) is 0.821. The van der Waals surface area contributed by atoms with Gasteiger partial charge in [0, 0.05) is 14.0 Å². The second-order valence-electron chi connectivity index (χ2n) is 11.6. The smallest absolute Gasteiger partial charge is 0.245 e. The summed E-state index contributed by atoms with van der Waals surface area (Å²) in [5, 5.41) is 18.5. The molecule has 0 saturated carbocycles. The van der Waals surface area contributed by atoms with Gasteiger partial charge in [0.1, 0.15) is 23.7 Å². The molecule has 11 nitrogen and oxygen atoms in total. The van der Waals surface area contributed by atoms with E-state index in [0.717, 1.165) is 0 Å². The van der Waals surface area contributed by atoms with Crippen LogP contribution in [0.4, 0.5) is 0 Å². The molecule has 1 heterocycles. The zero-order chi connectivity index (χ0) is 30.2. The molecule has 224 valence electrons. The maximum Gasteiger partial charge on any atom is 0.245 e. The van der Waals surface area contributed by atoms with Crippen LogP contribution in [0.1, 0.15) is 81.6 Å². The Balaban J connectivity index is 3.15. The van der Waals surface area contributed by atoms with Crippen LogP contribution in [0.3, 0.4) is 0 Å². The van der Waals surface area contributed by atoms with E-state index in [0.29, 0.717) is 19.3 Å². The van der Waals surface area contributed by atoms with Gasteiger partial charge in [-0.25, -0.2) is 0 Å². The molecular weight excluding hydrogens is 504 g/mol. The number of hydrogen-bond acceptors (Lipinski definition) is 7. The van der Waals surface area contributed by atoms with Gasteiger partial charge < -0.3 is 30.7 Å². The van der Waals surface area contributed by atoms with Gasteiger partial charge in [0.25, 0.3) is 0 Å². The summed E-state index contributed by atoms with van der Waals surface area (Å²) >= 11 is 0. The molecule has 11 heteroatoms. The van der Waals surface area contributed by atoms with E-state index in [4.69, 9.17) is 4.74 Å². The quantitative estimate of drug-likeness (QED) is 0.209. The number of Topliss-reactive ketones (excluding diaryl/α,β-unsaturated/α-hetero) is 1. The summed E-state index contributed by atoms with van der Waals surface area (Å²) in [6, 6.07) is -4.00. The topological polar surface area (TPSA) is 157 Å². The molecule has 8 atom stereocenters. The molecule has 1 aliphatic heterocycles. The summed E-state index contributed by atoms with van der Waals surface area (Å²) in [4.78, 5) is 66.4. The van der Waals surface area contributed by atoms with Crippen LogP contribution >= 0.6 is 0 Å². The minimum Gasteiger partial charge on any atom is -0.391 e. The number of carbonyl (C=O) groups is 5. The van der Waals surface area contributed by atoms with Crippen molar-refractivity contribution in [3.05, 3.63) is 0 Å². The van der Waals surface area contributed by atoms with Crippen molar-refractivity contribution in [2.75, 3.05) is 13.7 Å². The Hall–Kier alpha value is -2.53. The van der Waals surface area contributed by atoms with Crippen molar-refractivity contribution in [2.45, 2.75) is 117 Å². The van der Waals surface area contributed by atoms with E-state index in [1.54, 1.807) is 20.9 Å². The van der Waals surface area contributed by atoms with Crippen LogP contribution in [0.2, 0.25) is 0 Å². The third kappa shape index (κ3) is 9.56. The first-order valence-electron chi connectivity index (χ1n) is 14.0. The van der Waals surface area contributed by atoms with E-state index in [1.807, 2.05) is 34.6 Å². The van der Waals surface area contributed by atoms with Crippen LogP contribution in [0.5, 0.6) is 0 Å². The summed E-state index contributed by atoms with van der Waals surface area (Å²) in [5.74, 6) is -2.73. The maximum atomic E-state index is 13.4. The normalized spacial score (nSPS) is 21.9. The third-order valence-corrected chi connectivity index (χ3v) is 7.66. The molecule has 1 rings (SSSR count). The highest BCUT2D eigenvalue weighted by Crippen LogP contribution is 2.29. The first kappa shape index (κ1) is 34.5. The molecule has 4 N–H and O–H groups in total. The Morgan fingerprint density at radius 3 is 1.77 bits per heavy atom. The summed E-state index contributed by atoms with van der Waals surface area (Å²) in [7, 11) is 1.55. The summed E-state index contributed by atoms with van der Waals surface area (Å²) in [6.45, 7) is 16.0. The Kier molecular flexibility index (Phi) is 13.0. The molecule has 0 aromatic rings. The number of aliphatic hydroxyl groups excluding tert-OH is 1. The molecule has 1 unspecified atom stereocenters. The molecule has 4 amide bonds. The number of epoxide rings is 1. The highest BCUT2D eigenvalue weighted by Gasteiger charge is 2.50. The Bertz CT molecular complexity index is 887. The lowest BCUT2D eigenvalue weighted by atomic mass is 9.92. The van der Waals surface area contributed by atoms with Crippen molar-refractivity contribution < 1.29 is 33.8 Å². The van der Waals surface area contributed by atoms with Crippen LogP contribution in [-0.2, 0) is 28.7 Å². The highest BCUT2D eigenvalue weighted by molar-refractivity contribution is 5.99. The van der Waals surface area contributed by atoms with E-state index in [2.05, 4.69) is 16.0 Å². The van der Waals surface area contributed by atoms with Crippen LogP contribution in [0, 0.1) is 17.8 Å². The molecule has 1 saturated heterocycles. The standard InChI is InChI=1S/C28H50N4O7/c1-11-16(5)21(30-27(38)23(17(6)12-2)32(10)19(8)34)25(36)31-22(18(7)33)26(37)29-20(13-15(3)4)24(35)28(9)14-39-28/h15-18,20-23,33H,11-14H2,1-10H3,(H,29,37)(H,30,38)(H,31,36)/t16-,17-,18+,20-,21-,22-,23-,28?/m0/s1. The predicted molar refractivity (Wildman–Crippen MR) is 147 cm³/mol. The van der Waals surface area contributed by atoms with Crippen LogP contribution in [-0.4, -0.2) is 88.9 Å². The van der Waals surface area contributed by atoms with E-state index in [9.17, 15) is 29.1 Å². The fourth-order valence-electron chi connectivity index (χ4n) is 4.41. The van der Waals surface area contributed by atoms with Gasteiger partial charge in [-0.05, 0) is 38.0 Å². The number of amides is 4. The third-order valence-electron chi connectivity index (χ3n) is 7.66. The molecule has 0 aromatic carbocycles. The fourth-order valence-corrected chi connectivity index (χ4v) is 4.41. The average Bonchev–Trinajstić information content (AvgIpc) is 3.61. The zero-order valence-electron chi connectivity index (χ0n) is 25.3. The van der Waals surface area contributed by atoms with Crippen LogP contribution < -0.4 is 16.0 Å². The number of likely N-dealkylation sites (N-methyl/N-ethyl adjacent to an activating group) is 1. The molecule has 0 spiro atoms. The van der Waals surface area contributed by atoms with Gasteiger partial charge in [-0.3, -0.25) is 24.0 Å². The SMILES string of the molecule is CC[C@H](C)[C@H](NC(=O)[C@H]([C@@H](C)CC)N(C)C(C)=O)C(=O)N[C@H](C(=O)N[C@@H](CC(C)C)C(=O)C1(C)CO1)[C@@H](C)O. The number of hydrogen-bond donors (Lipinski definition) is 4. The predicted octanol–water partition coefficient (Wildman–Crippen LogP) is 1.16. The molecule has 0 radical (unpaired) electrons. The summed E-state index contributed by atoms with van der Waals surface area (Å²) < 4.78 is 5.27. The van der Waals surface area contributed by atoms with Crippen molar-refractivity contribution in [2.24, 2.45) is 17.8 Å². The number of aliphatic hydroxyl groups is 1. The zero-order valence-corrected chi connectivity index (χ0v) is 25.3.